The molecule has 0 aliphatic carbocycles. The maximum Gasteiger partial charge on any atom is 0.137 e. The van der Waals surface area contributed by atoms with E-state index < -0.39 is 0 Å². The third-order valence-electron chi connectivity index (χ3n) is 15.8. The first-order valence-electron chi connectivity index (χ1n) is 26.5. The number of nitrogens with zero attached hydrogens (tertiary/aromatic N) is 2. The molecule has 7 heteroatoms. The van der Waals surface area contributed by atoms with Crippen molar-refractivity contribution in [1.82, 2.24) is 0 Å². The number of anilines is 6. The van der Waals surface area contributed by atoms with E-state index >= 15 is 0 Å². The number of fused-ring (bicyclic) bond motifs is 15. The van der Waals surface area contributed by atoms with Gasteiger partial charge in [-0.25, -0.2) is 0 Å². The fourth-order valence-electron chi connectivity index (χ4n) is 12.2. The number of hydrogen-bond acceptors (Lipinski definition) is 7. The second kappa shape index (κ2) is 17.5. The molecule has 5 heterocycles. The lowest BCUT2D eigenvalue weighted by molar-refractivity contribution is 0.668. The number of furan rings is 2. The predicted octanol–water partition coefficient (Wildman–Crippen LogP) is 22.9. The van der Waals surface area contributed by atoms with Crippen molar-refractivity contribution in [3.8, 4) is 22.3 Å². The minimum absolute atomic E-state index is 0.866. The van der Waals surface area contributed by atoms with E-state index in [4.69, 9.17) is 8.83 Å². The van der Waals surface area contributed by atoms with Crippen molar-refractivity contribution in [1.29, 1.82) is 0 Å². The van der Waals surface area contributed by atoms with E-state index in [1.165, 1.54) is 82.8 Å². The smallest absolute Gasteiger partial charge is 0.137 e. The average molecular weight is 1060 g/mol. The first-order chi connectivity index (χ1) is 39.1. The van der Waals surface area contributed by atoms with Crippen molar-refractivity contribution in [3.05, 3.63) is 255 Å². The Labute approximate surface area is 465 Å². The third kappa shape index (κ3) is 7.10. The molecule has 79 heavy (non-hydrogen) atoms. The monoisotopic (exact) mass is 1060 g/mol. The Hall–Kier alpha value is -9.50. The Morgan fingerprint density at radius 1 is 0.228 bits per heavy atom. The van der Waals surface area contributed by atoms with Crippen LogP contribution in [-0.4, -0.2) is 0 Å². The molecule has 17 aromatic rings. The number of rotatable bonds is 8. The number of thiophene rings is 3. The zero-order chi connectivity index (χ0) is 51.7. The van der Waals surface area contributed by atoms with Gasteiger partial charge in [0.15, 0.2) is 0 Å². The summed E-state index contributed by atoms with van der Waals surface area (Å²) >= 11 is 5.62. The lowest BCUT2D eigenvalue weighted by Crippen LogP contribution is -2.10. The molecule has 0 saturated heterocycles. The molecule has 0 bridgehead atoms. The van der Waals surface area contributed by atoms with Crippen LogP contribution in [0, 0.1) is 0 Å². The van der Waals surface area contributed by atoms with Gasteiger partial charge in [-0.2, -0.15) is 0 Å². The molecule has 0 N–H and O–H groups in total. The maximum absolute atomic E-state index is 6.51. The van der Waals surface area contributed by atoms with Crippen LogP contribution in [0.5, 0.6) is 0 Å². The van der Waals surface area contributed by atoms with Crippen LogP contribution in [-0.2, 0) is 0 Å². The minimum atomic E-state index is 0.866. The lowest BCUT2D eigenvalue weighted by atomic mass is 9.97. The summed E-state index contributed by atoms with van der Waals surface area (Å²) in [6.07, 6.45) is 0. The van der Waals surface area contributed by atoms with Gasteiger partial charge in [-0.05, 0) is 139 Å². The van der Waals surface area contributed by atoms with Crippen molar-refractivity contribution in [2.75, 3.05) is 9.80 Å². The lowest BCUT2D eigenvalue weighted by Gasteiger charge is -2.26. The van der Waals surface area contributed by atoms with Gasteiger partial charge in [-0.3, -0.25) is 0 Å². The van der Waals surface area contributed by atoms with E-state index in [9.17, 15) is 0 Å². The van der Waals surface area contributed by atoms with Crippen molar-refractivity contribution in [2.45, 2.75) is 0 Å². The molecule has 0 spiro atoms. The standard InChI is InChI=1S/C72H42N2O2S3/c1-3-15-45(16-4-1)73(47-30-32-65-58(37-47)52-20-8-12-24-64(52)75-65)49-38-56(71-61(40-49)54-21-9-13-25-67(54)78-71)43-27-33-69-59(35-43)60-36-44(28-34-70(60)77-69)57-39-50(41-62-55-22-10-14-26-68(55)79-72(57)62)74(46-17-5-2-6-18-46)48-29-31-53-51-19-7-11-23-63(51)76-66(53)42-48/h1-42H. The van der Waals surface area contributed by atoms with Crippen LogP contribution in [0.15, 0.2) is 264 Å². The van der Waals surface area contributed by atoms with Crippen LogP contribution < -0.4 is 9.80 Å². The van der Waals surface area contributed by atoms with Gasteiger partial charge in [0.2, 0.25) is 0 Å². The largest absolute Gasteiger partial charge is 0.456 e. The minimum Gasteiger partial charge on any atom is -0.456 e. The molecule has 0 atom stereocenters. The van der Waals surface area contributed by atoms with E-state index in [0.29, 0.717) is 0 Å². The first kappa shape index (κ1) is 44.6. The van der Waals surface area contributed by atoms with Gasteiger partial charge < -0.3 is 18.6 Å². The van der Waals surface area contributed by atoms with Gasteiger partial charge in [0.25, 0.3) is 0 Å². The van der Waals surface area contributed by atoms with Crippen LogP contribution in [0.2, 0.25) is 0 Å². The van der Waals surface area contributed by atoms with Crippen molar-refractivity contribution >= 4 is 173 Å². The van der Waals surface area contributed by atoms with Gasteiger partial charge in [-0.1, -0.05) is 121 Å². The molecule has 0 fully saturated rings. The van der Waals surface area contributed by atoms with Gasteiger partial charge in [0.05, 0.1) is 0 Å². The summed E-state index contributed by atoms with van der Waals surface area (Å²) in [6, 6.07) is 92.9. The summed E-state index contributed by atoms with van der Waals surface area (Å²) in [5.74, 6) is 0. The summed E-state index contributed by atoms with van der Waals surface area (Å²) in [4.78, 5) is 4.78. The highest BCUT2D eigenvalue weighted by Crippen LogP contribution is 2.50. The normalized spacial score (nSPS) is 12.1. The Morgan fingerprint density at radius 3 is 1.22 bits per heavy atom. The maximum atomic E-state index is 6.51. The summed E-state index contributed by atoms with van der Waals surface area (Å²) in [5.41, 5.74) is 14.8. The van der Waals surface area contributed by atoms with E-state index in [1.807, 2.05) is 58.3 Å². The van der Waals surface area contributed by atoms with E-state index in [-0.39, 0.29) is 0 Å². The summed E-state index contributed by atoms with van der Waals surface area (Å²) in [5, 5.41) is 12.0. The molecule has 0 unspecified atom stereocenters. The Balaban J connectivity index is 0.855. The topological polar surface area (TPSA) is 32.8 Å². The molecule has 0 radical (unpaired) electrons. The molecule has 370 valence electrons. The molecule has 0 aliphatic rings. The second-order valence-corrected chi connectivity index (χ2v) is 23.5. The quantitative estimate of drug-likeness (QED) is 0.152. The molecule has 17 rings (SSSR count). The van der Waals surface area contributed by atoms with Gasteiger partial charge >= 0.3 is 0 Å². The zero-order valence-corrected chi connectivity index (χ0v) is 44.6. The Morgan fingerprint density at radius 2 is 0.646 bits per heavy atom. The molecule has 0 saturated carbocycles. The first-order valence-corrected chi connectivity index (χ1v) is 29.0. The SMILES string of the molecule is c1ccc(N(c2ccc3c(c2)oc2ccccc23)c2cc(-c3ccc4sc5ccc(-c6cc(N(c7ccccc7)c7ccc8oc9ccccc9c8c7)cc7c6sc6ccccc67)cc5c4c3)c3sc4ccccc4c3c2)cc1. The highest BCUT2D eigenvalue weighted by Gasteiger charge is 2.23. The fraction of sp³-hybridized carbons (Fsp3) is 0. The van der Waals surface area contributed by atoms with Crippen molar-refractivity contribution in [3.63, 3.8) is 0 Å². The number of para-hydroxylation sites is 4. The van der Waals surface area contributed by atoms with Gasteiger partial charge in [-0.15, -0.1) is 34.0 Å². The Kier molecular flexibility index (Phi) is 9.89. The molecule has 5 aromatic heterocycles. The van der Waals surface area contributed by atoms with Crippen LogP contribution in [0.4, 0.5) is 34.1 Å². The number of hydrogen-bond donors (Lipinski definition) is 0. The molecular weight excluding hydrogens is 1020 g/mol. The summed E-state index contributed by atoms with van der Waals surface area (Å²) in [6.45, 7) is 0. The highest BCUT2D eigenvalue weighted by molar-refractivity contribution is 7.27. The van der Waals surface area contributed by atoms with Crippen LogP contribution in [0.3, 0.4) is 0 Å². The van der Waals surface area contributed by atoms with E-state index in [0.717, 1.165) is 78.0 Å². The third-order valence-corrected chi connectivity index (χ3v) is 19.4. The van der Waals surface area contributed by atoms with Crippen LogP contribution in [0.25, 0.3) is 127 Å². The van der Waals surface area contributed by atoms with Crippen LogP contribution >= 0.6 is 34.0 Å². The molecule has 4 nitrogen and oxygen atoms in total. The summed E-state index contributed by atoms with van der Waals surface area (Å²) < 4.78 is 20.5. The number of benzene rings is 12. The second-order valence-electron chi connectivity index (χ2n) is 20.4. The zero-order valence-electron chi connectivity index (χ0n) is 42.2. The van der Waals surface area contributed by atoms with E-state index in [2.05, 4.69) is 240 Å². The highest BCUT2D eigenvalue weighted by atomic mass is 32.1. The van der Waals surface area contributed by atoms with Gasteiger partial charge in [0.1, 0.15) is 22.3 Å². The molecule has 12 aromatic carbocycles. The van der Waals surface area contributed by atoms with Crippen LogP contribution in [0.1, 0.15) is 0 Å². The fourth-order valence-corrected chi connectivity index (χ4v) is 15.7. The van der Waals surface area contributed by atoms with E-state index in [1.54, 1.807) is 0 Å². The molecule has 0 amide bonds. The Bertz CT molecular complexity index is 5300. The van der Waals surface area contributed by atoms with Crippen molar-refractivity contribution in [2.24, 2.45) is 0 Å². The molecule has 0 aliphatic heterocycles. The average Bonchev–Trinajstić information content (AvgIpc) is 4.54. The summed E-state index contributed by atoms with van der Waals surface area (Å²) in [7, 11) is 0. The predicted molar refractivity (Wildman–Crippen MR) is 340 cm³/mol. The van der Waals surface area contributed by atoms with Crippen molar-refractivity contribution < 1.29 is 8.83 Å². The van der Waals surface area contributed by atoms with Gasteiger partial charge in [0, 0.05) is 133 Å². The molecular formula is C72H42N2O2S3.